The zero-order chi connectivity index (χ0) is 23.0. The maximum absolute atomic E-state index is 10.7. The van der Waals surface area contributed by atoms with Gasteiger partial charge in [-0.25, -0.2) is 9.98 Å². The van der Waals surface area contributed by atoms with Crippen LogP contribution in [0.2, 0.25) is 0 Å². The van der Waals surface area contributed by atoms with E-state index in [0.29, 0.717) is 36.4 Å². The van der Waals surface area contributed by atoms with Crippen molar-refractivity contribution in [2.45, 2.75) is 32.9 Å². The molecule has 0 aliphatic heterocycles. The quantitative estimate of drug-likeness (QED) is 0.201. The molecule has 3 aromatic rings. The van der Waals surface area contributed by atoms with Gasteiger partial charge < -0.3 is 29.6 Å². The molecule has 33 heavy (non-hydrogen) atoms. The first-order valence-corrected chi connectivity index (χ1v) is 10.5. The maximum Gasteiger partial charge on any atom is 0.219 e. The molecule has 0 spiro atoms. The summed E-state index contributed by atoms with van der Waals surface area (Å²) >= 11 is 0. The molecule has 3 N–H and O–H groups in total. The number of hydrogen-bond acceptors (Lipinski definition) is 6. The average Bonchev–Trinajstić information content (AvgIpc) is 3.24. The number of nitrogens with one attached hydrogen (secondary N) is 2. The van der Waals surface area contributed by atoms with Gasteiger partial charge in [0.2, 0.25) is 5.88 Å². The van der Waals surface area contributed by atoms with Crippen LogP contribution in [-0.2, 0) is 12.1 Å². The van der Waals surface area contributed by atoms with E-state index in [1.807, 2.05) is 44.2 Å². The van der Waals surface area contributed by atoms with E-state index in [2.05, 4.69) is 20.6 Å². The molecular formula is C24H31IN4O4. The van der Waals surface area contributed by atoms with Crippen molar-refractivity contribution in [2.75, 3.05) is 20.2 Å². The lowest BCUT2D eigenvalue weighted by Gasteiger charge is -2.22. The molecule has 1 unspecified atom stereocenters. The van der Waals surface area contributed by atoms with Gasteiger partial charge in [0.15, 0.2) is 5.96 Å². The minimum absolute atomic E-state index is 0. The number of benzene rings is 1. The van der Waals surface area contributed by atoms with Gasteiger partial charge in [0.25, 0.3) is 0 Å². The third-order valence-electron chi connectivity index (χ3n) is 4.70. The van der Waals surface area contributed by atoms with Gasteiger partial charge in [-0.2, -0.15) is 0 Å². The molecular weight excluding hydrogens is 535 g/mol. The Morgan fingerprint density at radius 1 is 1.15 bits per heavy atom. The van der Waals surface area contributed by atoms with Crippen LogP contribution in [0.3, 0.4) is 0 Å². The van der Waals surface area contributed by atoms with Crippen LogP contribution in [0.1, 0.15) is 30.9 Å². The smallest absolute Gasteiger partial charge is 0.219 e. The van der Waals surface area contributed by atoms with Crippen molar-refractivity contribution in [3.63, 3.8) is 0 Å². The van der Waals surface area contributed by atoms with Gasteiger partial charge in [0.05, 0.1) is 20.2 Å². The average molecular weight is 566 g/mol. The zero-order valence-corrected chi connectivity index (χ0v) is 21.6. The van der Waals surface area contributed by atoms with E-state index in [1.54, 1.807) is 38.4 Å². The Morgan fingerprint density at radius 2 is 1.94 bits per heavy atom. The molecule has 0 saturated heterocycles. The van der Waals surface area contributed by atoms with Crippen molar-refractivity contribution >= 4 is 29.9 Å². The Labute approximate surface area is 211 Å². The second-order valence-electron chi connectivity index (χ2n) is 7.52. The fourth-order valence-electron chi connectivity index (χ4n) is 2.93. The highest BCUT2D eigenvalue weighted by Crippen LogP contribution is 2.24. The van der Waals surface area contributed by atoms with Crippen molar-refractivity contribution in [1.29, 1.82) is 0 Å². The number of aliphatic imine (C=N–C) groups is 1. The van der Waals surface area contributed by atoms with Gasteiger partial charge in [-0.05, 0) is 50.6 Å². The largest absolute Gasteiger partial charge is 0.497 e. The predicted molar refractivity (Wildman–Crippen MR) is 139 cm³/mol. The zero-order valence-electron chi connectivity index (χ0n) is 19.3. The van der Waals surface area contributed by atoms with Crippen LogP contribution in [0.5, 0.6) is 17.4 Å². The van der Waals surface area contributed by atoms with Gasteiger partial charge >= 0.3 is 0 Å². The number of rotatable bonds is 9. The molecule has 8 nitrogen and oxygen atoms in total. The molecule has 2 aromatic heterocycles. The summed E-state index contributed by atoms with van der Waals surface area (Å²) < 4.78 is 16.5. The number of aryl methyl sites for hydroxylation is 1. The summed E-state index contributed by atoms with van der Waals surface area (Å²) in [5.41, 5.74) is -0.237. The molecule has 0 aliphatic rings. The second-order valence-corrected chi connectivity index (χ2v) is 7.52. The van der Waals surface area contributed by atoms with E-state index >= 15 is 0 Å². The van der Waals surface area contributed by atoms with Crippen molar-refractivity contribution < 1.29 is 19.0 Å². The lowest BCUT2D eigenvalue weighted by Crippen LogP contribution is -2.44. The van der Waals surface area contributed by atoms with E-state index in [1.165, 1.54) is 0 Å². The molecule has 0 saturated carbocycles. The highest BCUT2D eigenvalue weighted by Gasteiger charge is 2.27. The molecule has 0 radical (unpaired) electrons. The second kappa shape index (κ2) is 12.4. The number of halogens is 1. The lowest BCUT2D eigenvalue weighted by molar-refractivity contribution is 0.0378. The molecule has 1 atom stereocenters. The van der Waals surface area contributed by atoms with Crippen LogP contribution < -0.4 is 20.1 Å². The molecule has 3 rings (SSSR count). The first kappa shape index (κ1) is 26.5. The molecule has 0 amide bonds. The number of aliphatic hydroxyl groups is 1. The molecule has 178 valence electrons. The Kier molecular flexibility index (Phi) is 9.98. The highest BCUT2D eigenvalue weighted by atomic mass is 127. The van der Waals surface area contributed by atoms with Crippen LogP contribution in [0.25, 0.3) is 0 Å². The maximum atomic E-state index is 10.7. The third-order valence-corrected chi connectivity index (χ3v) is 4.70. The number of methoxy groups -OCH3 is 1. The molecule has 1 aromatic carbocycles. The number of guanidine groups is 1. The molecule has 0 aliphatic carbocycles. The van der Waals surface area contributed by atoms with E-state index in [0.717, 1.165) is 17.1 Å². The first-order valence-electron chi connectivity index (χ1n) is 10.5. The van der Waals surface area contributed by atoms with Crippen LogP contribution in [0.4, 0.5) is 0 Å². The fourth-order valence-corrected chi connectivity index (χ4v) is 2.93. The summed E-state index contributed by atoms with van der Waals surface area (Å²) in [6.07, 6.45) is 1.73. The molecule has 2 heterocycles. The normalized spacial score (nSPS) is 12.9. The van der Waals surface area contributed by atoms with Gasteiger partial charge in [-0.3, -0.25) is 0 Å². The number of pyridine rings is 1. The van der Waals surface area contributed by atoms with Gasteiger partial charge in [0, 0.05) is 24.9 Å². The van der Waals surface area contributed by atoms with E-state index in [9.17, 15) is 5.11 Å². The minimum atomic E-state index is -1.16. The first-order chi connectivity index (χ1) is 15.4. The predicted octanol–water partition coefficient (Wildman–Crippen LogP) is 4.36. The van der Waals surface area contributed by atoms with Gasteiger partial charge in [-0.1, -0.05) is 12.1 Å². The monoisotopic (exact) mass is 566 g/mol. The fraction of sp³-hybridized carbons (Fsp3) is 0.333. The Morgan fingerprint density at radius 3 is 2.58 bits per heavy atom. The van der Waals surface area contributed by atoms with Crippen LogP contribution in [0.15, 0.2) is 64.1 Å². The van der Waals surface area contributed by atoms with E-state index in [-0.39, 0.29) is 30.5 Å². The molecule has 9 heteroatoms. The Balaban J connectivity index is 0.00000385. The van der Waals surface area contributed by atoms with Crippen LogP contribution in [0, 0.1) is 6.92 Å². The summed E-state index contributed by atoms with van der Waals surface area (Å²) in [4.78, 5) is 8.93. The van der Waals surface area contributed by atoms with Crippen molar-refractivity contribution in [2.24, 2.45) is 4.99 Å². The Bertz CT molecular complexity index is 1030. The summed E-state index contributed by atoms with van der Waals surface area (Å²) in [6, 6.07) is 14.7. The van der Waals surface area contributed by atoms with Crippen LogP contribution >= 0.6 is 24.0 Å². The van der Waals surface area contributed by atoms with Crippen molar-refractivity contribution in [3.8, 4) is 17.4 Å². The van der Waals surface area contributed by atoms with Crippen LogP contribution in [-0.4, -0.2) is 36.2 Å². The lowest BCUT2D eigenvalue weighted by atomic mass is 10.0. The SMILES string of the molecule is CCNC(=NCc1ccc(Oc2cccc(OC)c2)nc1)NCC(C)(O)c1ccc(C)o1.I. The third kappa shape index (κ3) is 7.93. The number of furan rings is 1. The van der Waals surface area contributed by atoms with Crippen molar-refractivity contribution in [1.82, 2.24) is 15.6 Å². The highest BCUT2D eigenvalue weighted by molar-refractivity contribution is 14.0. The minimum Gasteiger partial charge on any atom is -0.497 e. The number of aromatic nitrogens is 1. The van der Waals surface area contributed by atoms with Gasteiger partial charge in [0.1, 0.15) is 28.6 Å². The van der Waals surface area contributed by atoms with Crippen molar-refractivity contribution in [3.05, 3.63) is 71.8 Å². The number of ether oxygens (including phenoxy) is 2. The molecule has 0 fully saturated rings. The summed E-state index contributed by atoms with van der Waals surface area (Å²) in [5.74, 6) is 3.72. The summed E-state index contributed by atoms with van der Waals surface area (Å²) in [5, 5.41) is 17.1. The summed E-state index contributed by atoms with van der Waals surface area (Å²) in [6.45, 7) is 6.89. The molecule has 0 bridgehead atoms. The standard InChI is InChI=1S/C24H30N4O4.HI/c1-5-25-23(28-16-24(3,29)21-11-9-17(2)31-21)27-15-18-10-12-22(26-14-18)32-20-8-6-7-19(13-20)30-4;/h6-14,29H,5,15-16H2,1-4H3,(H2,25,27,28);1H. The number of hydrogen-bond donors (Lipinski definition) is 3. The summed E-state index contributed by atoms with van der Waals surface area (Å²) in [7, 11) is 1.61. The number of nitrogens with zero attached hydrogens (tertiary/aromatic N) is 2. The topological polar surface area (TPSA) is 101 Å². The Hall–Kier alpha value is -2.79. The van der Waals surface area contributed by atoms with E-state index < -0.39 is 5.60 Å². The van der Waals surface area contributed by atoms with Gasteiger partial charge in [-0.15, -0.1) is 24.0 Å². The van der Waals surface area contributed by atoms with E-state index in [4.69, 9.17) is 13.9 Å².